The predicted octanol–water partition coefficient (Wildman–Crippen LogP) is 1.39. The third kappa shape index (κ3) is 3.81. The van der Waals surface area contributed by atoms with E-state index in [2.05, 4.69) is 19.2 Å². The van der Waals surface area contributed by atoms with Crippen molar-refractivity contribution in [2.24, 2.45) is 5.92 Å². The van der Waals surface area contributed by atoms with Gasteiger partial charge in [-0.2, -0.15) is 0 Å². The highest BCUT2D eigenvalue weighted by Crippen LogP contribution is 2.16. The maximum atomic E-state index is 12.5. The molecule has 1 saturated heterocycles. The number of carbonyl (C=O) groups is 1. The average Bonchev–Trinajstić information content (AvgIpc) is 2.43. The number of hydrogen-bond donors (Lipinski definition) is 2. The summed E-state index contributed by atoms with van der Waals surface area (Å²) in [6.45, 7) is 5.47. The zero-order valence-corrected chi connectivity index (χ0v) is 12.2. The molecule has 0 bridgehead atoms. The van der Waals surface area contributed by atoms with Gasteiger partial charge in [0.05, 0.1) is 12.6 Å². The summed E-state index contributed by atoms with van der Waals surface area (Å²) in [5.74, 6) is 0.597. The van der Waals surface area contributed by atoms with Gasteiger partial charge < -0.3 is 10.0 Å². The number of nitrogens with zero attached hydrogens (tertiary/aromatic N) is 1. The Balaban J connectivity index is 2.07. The average molecular weight is 276 g/mol. The smallest absolute Gasteiger partial charge is 0.240 e. The third-order valence-corrected chi connectivity index (χ3v) is 3.63. The first-order valence-electron chi connectivity index (χ1n) is 7.29. The quantitative estimate of drug-likeness (QED) is 0.854. The lowest BCUT2D eigenvalue weighted by atomic mass is 9.98. The number of aliphatic hydroxyl groups excluding tert-OH is 1. The molecule has 2 rings (SSSR count). The highest BCUT2D eigenvalue weighted by molar-refractivity contribution is 5.82. The van der Waals surface area contributed by atoms with E-state index in [4.69, 9.17) is 0 Å². The maximum Gasteiger partial charge on any atom is 0.240 e. The van der Waals surface area contributed by atoms with Crippen LogP contribution in [0.2, 0.25) is 0 Å². The van der Waals surface area contributed by atoms with Gasteiger partial charge >= 0.3 is 0 Å². The van der Waals surface area contributed by atoms with Gasteiger partial charge in [-0.25, -0.2) is 0 Å². The normalized spacial score (nSPS) is 23.4. The van der Waals surface area contributed by atoms with Gasteiger partial charge in [0, 0.05) is 19.1 Å². The fraction of sp³-hybridized carbons (Fsp3) is 0.562. The first-order valence-corrected chi connectivity index (χ1v) is 7.29. The largest absolute Gasteiger partial charge is 0.395 e. The van der Waals surface area contributed by atoms with Crippen LogP contribution in [-0.4, -0.2) is 41.1 Å². The Bertz CT molecular complexity index is 433. The SMILES string of the molecule is CC(C)C[C@@H]1N[C@@H](CO)CN(Cc2ccccc2)C1=O. The number of rotatable bonds is 5. The van der Waals surface area contributed by atoms with Gasteiger partial charge in [-0.1, -0.05) is 44.2 Å². The molecule has 1 aromatic carbocycles. The van der Waals surface area contributed by atoms with Gasteiger partial charge in [0.1, 0.15) is 0 Å². The molecule has 110 valence electrons. The van der Waals surface area contributed by atoms with E-state index in [0.717, 1.165) is 12.0 Å². The monoisotopic (exact) mass is 276 g/mol. The van der Waals surface area contributed by atoms with Gasteiger partial charge in [-0.05, 0) is 17.9 Å². The Morgan fingerprint density at radius 1 is 1.35 bits per heavy atom. The topological polar surface area (TPSA) is 52.6 Å². The minimum atomic E-state index is -0.176. The van der Waals surface area contributed by atoms with Crippen LogP contribution in [0.3, 0.4) is 0 Å². The molecule has 4 heteroatoms. The number of aliphatic hydroxyl groups is 1. The lowest BCUT2D eigenvalue weighted by Gasteiger charge is -2.38. The molecule has 1 fully saturated rings. The standard InChI is InChI=1S/C16H24N2O2/c1-12(2)8-15-16(20)18(10-14(11-19)17-15)9-13-6-4-3-5-7-13/h3-7,12,14-15,17,19H,8-11H2,1-2H3/t14-,15+/m1/s1. The van der Waals surface area contributed by atoms with Crippen molar-refractivity contribution in [3.63, 3.8) is 0 Å². The van der Waals surface area contributed by atoms with Gasteiger partial charge in [-0.3, -0.25) is 10.1 Å². The molecule has 0 unspecified atom stereocenters. The lowest BCUT2D eigenvalue weighted by Crippen LogP contribution is -2.61. The van der Waals surface area contributed by atoms with Crippen molar-refractivity contribution in [1.82, 2.24) is 10.2 Å². The number of nitrogens with one attached hydrogen (secondary N) is 1. The Morgan fingerprint density at radius 3 is 2.65 bits per heavy atom. The second-order valence-corrected chi connectivity index (χ2v) is 5.93. The molecule has 4 nitrogen and oxygen atoms in total. The van der Waals surface area contributed by atoms with Crippen molar-refractivity contribution < 1.29 is 9.90 Å². The van der Waals surface area contributed by atoms with Crippen LogP contribution in [0.4, 0.5) is 0 Å². The fourth-order valence-electron chi connectivity index (χ4n) is 2.68. The van der Waals surface area contributed by atoms with E-state index in [1.54, 1.807) is 0 Å². The molecule has 0 aromatic heterocycles. The summed E-state index contributed by atoms with van der Waals surface area (Å²) in [4.78, 5) is 14.4. The van der Waals surface area contributed by atoms with E-state index in [1.165, 1.54) is 0 Å². The van der Waals surface area contributed by atoms with Gasteiger partial charge in [0.15, 0.2) is 0 Å². The van der Waals surface area contributed by atoms with E-state index in [1.807, 2.05) is 35.2 Å². The zero-order chi connectivity index (χ0) is 14.5. The van der Waals surface area contributed by atoms with Crippen LogP contribution in [0.25, 0.3) is 0 Å². The third-order valence-electron chi connectivity index (χ3n) is 3.63. The van der Waals surface area contributed by atoms with Gasteiger partial charge in [0.25, 0.3) is 0 Å². The highest BCUT2D eigenvalue weighted by Gasteiger charge is 2.33. The minimum absolute atomic E-state index is 0.0276. The summed E-state index contributed by atoms with van der Waals surface area (Å²) in [7, 11) is 0. The van der Waals surface area contributed by atoms with E-state index < -0.39 is 0 Å². The molecular formula is C16H24N2O2. The van der Waals surface area contributed by atoms with Gasteiger partial charge in [-0.15, -0.1) is 0 Å². The molecule has 1 heterocycles. The summed E-state index contributed by atoms with van der Waals surface area (Å²) in [6, 6.07) is 9.79. The summed E-state index contributed by atoms with van der Waals surface area (Å²) in [6.07, 6.45) is 0.806. The molecule has 0 spiro atoms. The summed E-state index contributed by atoms with van der Waals surface area (Å²) in [5.41, 5.74) is 1.13. The zero-order valence-electron chi connectivity index (χ0n) is 12.2. The molecule has 1 aromatic rings. The summed E-state index contributed by atoms with van der Waals surface area (Å²) < 4.78 is 0. The number of hydrogen-bond acceptors (Lipinski definition) is 3. The molecule has 1 amide bonds. The van der Waals surface area contributed by atoms with Crippen LogP contribution in [0, 0.1) is 5.92 Å². The van der Waals surface area contributed by atoms with Gasteiger partial charge in [0.2, 0.25) is 5.91 Å². The van der Waals surface area contributed by atoms with E-state index >= 15 is 0 Å². The van der Waals surface area contributed by atoms with Crippen molar-refractivity contribution in [2.75, 3.05) is 13.2 Å². The lowest BCUT2D eigenvalue weighted by molar-refractivity contribution is -0.138. The van der Waals surface area contributed by atoms with Crippen LogP contribution < -0.4 is 5.32 Å². The molecule has 2 atom stereocenters. The molecule has 1 aliphatic rings. The first-order chi connectivity index (χ1) is 9.60. The van der Waals surface area contributed by atoms with Crippen molar-refractivity contribution in [3.8, 4) is 0 Å². The van der Waals surface area contributed by atoms with Crippen LogP contribution in [-0.2, 0) is 11.3 Å². The summed E-state index contributed by atoms with van der Waals surface area (Å²) in [5, 5.41) is 12.7. The Hall–Kier alpha value is -1.39. The summed E-state index contributed by atoms with van der Waals surface area (Å²) >= 11 is 0. The number of amides is 1. The first kappa shape index (κ1) is 15.0. The van der Waals surface area contributed by atoms with E-state index in [9.17, 15) is 9.90 Å². The van der Waals surface area contributed by atoms with E-state index in [-0.39, 0.29) is 24.6 Å². The Morgan fingerprint density at radius 2 is 2.05 bits per heavy atom. The number of piperazine rings is 1. The van der Waals surface area contributed by atoms with Crippen molar-refractivity contribution in [3.05, 3.63) is 35.9 Å². The number of carbonyl (C=O) groups excluding carboxylic acids is 1. The second-order valence-electron chi connectivity index (χ2n) is 5.93. The molecule has 20 heavy (non-hydrogen) atoms. The van der Waals surface area contributed by atoms with Crippen molar-refractivity contribution in [1.29, 1.82) is 0 Å². The van der Waals surface area contributed by atoms with Crippen molar-refractivity contribution >= 4 is 5.91 Å². The predicted molar refractivity (Wildman–Crippen MR) is 79.1 cm³/mol. The highest BCUT2D eigenvalue weighted by atomic mass is 16.3. The molecular weight excluding hydrogens is 252 g/mol. The molecule has 1 aliphatic heterocycles. The van der Waals surface area contributed by atoms with Crippen LogP contribution >= 0.6 is 0 Å². The second kappa shape index (κ2) is 6.86. The molecule has 0 saturated carbocycles. The number of benzene rings is 1. The Labute approximate surface area is 120 Å². The molecule has 0 radical (unpaired) electrons. The minimum Gasteiger partial charge on any atom is -0.395 e. The van der Waals surface area contributed by atoms with Crippen LogP contribution in [0.15, 0.2) is 30.3 Å². The Kier molecular flexibility index (Phi) is 5.15. The van der Waals surface area contributed by atoms with Crippen molar-refractivity contribution in [2.45, 2.75) is 38.9 Å². The maximum absolute atomic E-state index is 12.5. The van der Waals surface area contributed by atoms with Crippen LogP contribution in [0.1, 0.15) is 25.8 Å². The van der Waals surface area contributed by atoms with Crippen LogP contribution in [0.5, 0.6) is 0 Å². The molecule has 2 N–H and O–H groups in total. The van der Waals surface area contributed by atoms with E-state index in [0.29, 0.717) is 19.0 Å². The fourth-order valence-corrected chi connectivity index (χ4v) is 2.68. The molecule has 0 aliphatic carbocycles.